The van der Waals surface area contributed by atoms with Crippen LogP contribution in [0.25, 0.3) is 0 Å². The molecular weight excluding hydrogens is 586 g/mol. The van der Waals surface area contributed by atoms with Crippen LogP contribution in [0.4, 0.5) is 4.39 Å². The summed E-state index contributed by atoms with van der Waals surface area (Å²) < 4.78 is 13.5. The van der Waals surface area contributed by atoms with Crippen LogP contribution in [0.15, 0.2) is 103 Å². The number of amides is 2. The van der Waals surface area contributed by atoms with Gasteiger partial charge in [-0.3, -0.25) is 14.4 Å². The number of ketones is 1. The van der Waals surface area contributed by atoms with Crippen molar-refractivity contribution in [1.82, 2.24) is 10.2 Å². The zero-order valence-electron chi connectivity index (χ0n) is 23.1. The molecule has 2 amide bonds. The summed E-state index contributed by atoms with van der Waals surface area (Å²) in [5.74, 6) is -2.78. The van der Waals surface area contributed by atoms with Crippen molar-refractivity contribution in [3.63, 3.8) is 0 Å². The summed E-state index contributed by atoms with van der Waals surface area (Å²) in [7, 11) is 0. The standard InChI is InChI=1S/C35H29Cl2FN2O3/c36-27-18-15-25(19-28(27)37)31-30(33(41)23-9-5-2-6-10-23)29(22-7-3-1-4-8-22)32(40(31)35(43)24-13-14-24)34(42)39-20-21-11-16-26(38)17-12-21/h1-12,15-19,24,29-32H,13-14,20H2,(H,39,42). The van der Waals surface area contributed by atoms with Gasteiger partial charge in [0, 0.05) is 23.9 Å². The van der Waals surface area contributed by atoms with Crippen LogP contribution in [-0.4, -0.2) is 28.5 Å². The monoisotopic (exact) mass is 614 g/mol. The molecule has 0 aromatic heterocycles. The average molecular weight is 616 g/mol. The Labute approximate surface area is 259 Å². The number of benzene rings is 4. The lowest BCUT2D eigenvalue weighted by atomic mass is 9.76. The van der Waals surface area contributed by atoms with Crippen LogP contribution in [0.5, 0.6) is 0 Å². The van der Waals surface area contributed by atoms with Gasteiger partial charge in [-0.2, -0.15) is 0 Å². The first-order chi connectivity index (χ1) is 20.8. The third-order valence-corrected chi connectivity index (χ3v) is 9.07. The number of hydrogen-bond acceptors (Lipinski definition) is 3. The number of rotatable bonds is 8. The van der Waals surface area contributed by atoms with Crippen molar-refractivity contribution in [2.75, 3.05) is 0 Å². The molecule has 4 unspecified atom stereocenters. The Kier molecular flexibility index (Phi) is 8.33. The number of hydrogen-bond donors (Lipinski definition) is 1. The van der Waals surface area contributed by atoms with Crippen molar-refractivity contribution in [3.05, 3.63) is 141 Å². The molecule has 4 aromatic carbocycles. The van der Waals surface area contributed by atoms with Gasteiger partial charge in [0.05, 0.1) is 22.0 Å². The predicted molar refractivity (Wildman–Crippen MR) is 164 cm³/mol. The lowest BCUT2D eigenvalue weighted by Crippen LogP contribution is -2.49. The molecule has 0 radical (unpaired) electrons. The molecule has 1 heterocycles. The predicted octanol–water partition coefficient (Wildman–Crippen LogP) is 7.39. The molecule has 8 heteroatoms. The van der Waals surface area contributed by atoms with Crippen molar-refractivity contribution >= 4 is 40.8 Å². The number of nitrogens with zero attached hydrogens (tertiary/aromatic N) is 1. The van der Waals surface area contributed by atoms with Crippen LogP contribution < -0.4 is 5.32 Å². The molecule has 218 valence electrons. The van der Waals surface area contributed by atoms with E-state index in [1.807, 2.05) is 36.4 Å². The van der Waals surface area contributed by atoms with Gasteiger partial charge >= 0.3 is 0 Å². The summed E-state index contributed by atoms with van der Waals surface area (Å²) in [6.45, 7) is 0.136. The van der Waals surface area contributed by atoms with Crippen LogP contribution >= 0.6 is 23.2 Å². The van der Waals surface area contributed by atoms with E-state index in [4.69, 9.17) is 23.2 Å². The molecule has 0 spiro atoms. The molecule has 1 aliphatic heterocycles. The second-order valence-corrected chi connectivity index (χ2v) is 11.9. The lowest BCUT2D eigenvalue weighted by molar-refractivity contribution is -0.142. The van der Waals surface area contributed by atoms with Crippen LogP contribution in [0.2, 0.25) is 10.0 Å². The molecule has 6 rings (SSSR count). The van der Waals surface area contributed by atoms with Crippen LogP contribution in [0, 0.1) is 17.7 Å². The highest BCUT2D eigenvalue weighted by Crippen LogP contribution is 2.53. The number of Topliss-reactive ketones (excluding diaryl/α,β-unsaturated/α-hetero) is 1. The van der Waals surface area contributed by atoms with E-state index in [1.54, 1.807) is 59.5 Å². The number of likely N-dealkylation sites (tertiary alicyclic amines) is 1. The van der Waals surface area contributed by atoms with Crippen LogP contribution in [0.3, 0.4) is 0 Å². The zero-order valence-corrected chi connectivity index (χ0v) is 24.6. The maximum Gasteiger partial charge on any atom is 0.243 e. The Balaban J connectivity index is 1.51. The summed E-state index contributed by atoms with van der Waals surface area (Å²) in [6, 6.07) is 27.6. The van der Waals surface area contributed by atoms with Gasteiger partial charge in [-0.15, -0.1) is 0 Å². The fourth-order valence-corrected chi connectivity index (χ4v) is 6.45. The van der Waals surface area contributed by atoms with Gasteiger partial charge < -0.3 is 10.2 Å². The number of halogens is 3. The van der Waals surface area contributed by atoms with E-state index in [0.717, 1.165) is 18.4 Å². The number of carbonyl (C=O) groups is 3. The van der Waals surface area contributed by atoms with Gasteiger partial charge in [-0.25, -0.2) is 4.39 Å². The Morgan fingerprint density at radius 3 is 2.07 bits per heavy atom. The summed E-state index contributed by atoms with van der Waals surface area (Å²) in [6.07, 6.45) is 1.45. The molecule has 4 aromatic rings. The van der Waals surface area contributed by atoms with Gasteiger partial charge in [-0.1, -0.05) is 102 Å². The molecule has 2 fully saturated rings. The van der Waals surface area contributed by atoms with Gasteiger partial charge in [0.1, 0.15) is 11.9 Å². The van der Waals surface area contributed by atoms with Crippen LogP contribution in [-0.2, 0) is 16.1 Å². The minimum Gasteiger partial charge on any atom is -0.350 e. The van der Waals surface area contributed by atoms with E-state index in [2.05, 4.69) is 5.32 Å². The third-order valence-electron chi connectivity index (χ3n) is 8.33. The molecular formula is C35H29Cl2FN2O3. The van der Waals surface area contributed by atoms with Gasteiger partial charge in [-0.05, 0) is 53.8 Å². The Morgan fingerprint density at radius 1 is 0.791 bits per heavy atom. The number of carbonyl (C=O) groups excluding carboxylic acids is 3. The van der Waals surface area contributed by atoms with Crippen molar-refractivity contribution in [3.8, 4) is 0 Å². The van der Waals surface area contributed by atoms with Gasteiger partial charge in [0.15, 0.2) is 5.78 Å². The largest absolute Gasteiger partial charge is 0.350 e. The average Bonchev–Trinajstić information content (AvgIpc) is 3.82. The maximum absolute atomic E-state index is 14.5. The minimum absolute atomic E-state index is 0.136. The fraction of sp³-hybridized carbons (Fsp3) is 0.229. The molecule has 0 bridgehead atoms. The van der Waals surface area contributed by atoms with E-state index in [-0.39, 0.29) is 35.9 Å². The van der Waals surface area contributed by atoms with Gasteiger partial charge in [0.2, 0.25) is 11.8 Å². The van der Waals surface area contributed by atoms with Crippen molar-refractivity contribution in [2.45, 2.75) is 37.4 Å². The molecule has 43 heavy (non-hydrogen) atoms. The van der Waals surface area contributed by atoms with Crippen molar-refractivity contribution in [2.24, 2.45) is 11.8 Å². The molecule has 2 aliphatic rings. The van der Waals surface area contributed by atoms with Crippen molar-refractivity contribution in [1.29, 1.82) is 0 Å². The highest BCUT2D eigenvalue weighted by atomic mass is 35.5. The molecule has 1 saturated heterocycles. The van der Waals surface area contributed by atoms with Crippen LogP contribution in [0.1, 0.15) is 51.8 Å². The Morgan fingerprint density at radius 2 is 1.44 bits per heavy atom. The molecule has 5 nitrogen and oxygen atoms in total. The SMILES string of the molecule is O=C(c1ccccc1)C1C(c2ccccc2)C(C(=O)NCc2ccc(F)cc2)N(C(=O)C2CC2)C1c1ccc(Cl)c(Cl)c1. The third kappa shape index (κ3) is 5.95. The first kappa shape index (κ1) is 29.1. The first-order valence-corrected chi connectivity index (χ1v) is 15.0. The zero-order chi connectivity index (χ0) is 30.1. The molecule has 4 atom stereocenters. The molecule has 1 aliphatic carbocycles. The van der Waals surface area contributed by atoms with Gasteiger partial charge in [0.25, 0.3) is 0 Å². The summed E-state index contributed by atoms with van der Waals surface area (Å²) >= 11 is 12.8. The van der Waals surface area contributed by atoms with Crippen molar-refractivity contribution < 1.29 is 18.8 Å². The maximum atomic E-state index is 14.5. The molecule has 1 N–H and O–H groups in total. The second-order valence-electron chi connectivity index (χ2n) is 11.1. The molecule has 1 saturated carbocycles. The van der Waals surface area contributed by atoms with E-state index < -0.39 is 23.9 Å². The lowest BCUT2D eigenvalue weighted by Gasteiger charge is -2.32. The Hall–Kier alpha value is -4.00. The second kappa shape index (κ2) is 12.3. The summed E-state index contributed by atoms with van der Waals surface area (Å²) in [4.78, 5) is 44.6. The highest BCUT2D eigenvalue weighted by Gasteiger charge is 2.58. The van der Waals surface area contributed by atoms with E-state index in [0.29, 0.717) is 26.7 Å². The van der Waals surface area contributed by atoms with E-state index in [1.165, 1.54) is 12.1 Å². The first-order valence-electron chi connectivity index (χ1n) is 14.3. The quantitative estimate of drug-likeness (QED) is 0.210. The fourth-order valence-electron chi connectivity index (χ4n) is 6.14. The summed E-state index contributed by atoms with van der Waals surface area (Å²) in [5.41, 5.74) is 2.61. The summed E-state index contributed by atoms with van der Waals surface area (Å²) in [5, 5.41) is 3.63. The topological polar surface area (TPSA) is 66.5 Å². The minimum atomic E-state index is -0.993. The van der Waals surface area contributed by atoms with E-state index in [9.17, 15) is 18.8 Å². The smallest absolute Gasteiger partial charge is 0.243 e. The number of nitrogens with one attached hydrogen (secondary N) is 1. The van der Waals surface area contributed by atoms with E-state index >= 15 is 0 Å². The highest BCUT2D eigenvalue weighted by molar-refractivity contribution is 6.42. The normalized spacial score (nSPS) is 21.4. The Bertz CT molecular complexity index is 1650.